The van der Waals surface area contributed by atoms with Crippen LogP contribution in [0.25, 0.3) is 0 Å². The van der Waals surface area contributed by atoms with Gasteiger partial charge < -0.3 is 4.74 Å². The second-order valence-corrected chi connectivity index (χ2v) is 8.67. The standard InChI is InChI=1S/C17H24F3NO3S/c1-13(14-5-3-6-15(11-14)17(18,19)20)21(8-9-24-2)16-7-4-10-25(22,23)12-16/h3,5-6,11,13,16H,4,7-10,12H2,1-2H3. The largest absolute Gasteiger partial charge is 0.416 e. The van der Waals surface area contributed by atoms with Gasteiger partial charge in [-0.15, -0.1) is 0 Å². The molecule has 8 heteroatoms. The fourth-order valence-corrected chi connectivity index (χ4v) is 5.03. The summed E-state index contributed by atoms with van der Waals surface area (Å²) in [7, 11) is -1.57. The first-order valence-corrected chi connectivity index (χ1v) is 10.1. The highest BCUT2D eigenvalue weighted by atomic mass is 32.2. The summed E-state index contributed by atoms with van der Waals surface area (Å²) in [5.74, 6) is 0.222. The summed E-state index contributed by atoms with van der Waals surface area (Å²) in [6.45, 7) is 2.67. The van der Waals surface area contributed by atoms with Gasteiger partial charge in [0.1, 0.15) is 0 Å². The van der Waals surface area contributed by atoms with E-state index in [2.05, 4.69) is 0 Å². The summed E-state index contributed by atoms with van der Waals surface area (Å²) < 4.78 is 68.0. The summed E-state index contributed by atoms with van der Waals surface area (Å²) in [6.07, 6.45) is -3.11. The molecule has 0 bridgehead atoms. The summed E-state index contributed by atoms with van der Waals surface area (Å²) in [5, 5.41) is 0. The van der Waals surface area contributed by atoms with Crippen molar-refractivity contribution in [3.63, 3.8) is 0 Å². The van der Waals surface area contributed by atoms with E-state index in [9.17, 15) is 21.6 Å². The number of methoxy groups -OCH3 is 1. The summed E-state index contributed by atoms with van der Waals surface area (Å²) in [6, 6.07) is 4.68. The average Bonchev–Trinajstić information content (AvgIpc) is 2.53. The molecule has 1 aliphatic heterocycles. The third-order valence-corrected chi connectivity index (χ3v) is 6.46. The molecule has 2 rings (SSSR count). The molecule has 2 atom stereocenters. The van der Waals surface area contributed by atoms with Crippen LogP contribution in [-0.2, 0) is 20.8 Å². The van der Waals surface area contributed by atoms with Gasteiger partial charge in [-0.1, -0.05) is 12.1 Å². The molecule has 0 spiro atoms. The number of alkyl halides is 3. The first-order valence-electron chi connectivity index (χ1n) is 8.26. The van der Waals surface area contributed by atoms with Crippen molar-refractivity contribution in [1.29, 1.82) is 0 Å². The summed E-state index contributed by atoms with van der Waals surface area (Å²) >= 11 is 0. The van der Waals surface area contributed by atoms with E-state index in [-0.39, 0.29) is 23.6 Å². The molecule has 1 saturated heterocycles. The maximum absolute atomic E-state index is 13.0. The van der Waals surface area contributed by atoms with Gasteiger partial charge in [0, 0.05) is 25.7 Å². The molecule has 1 fully saturated rings. The molecule has 0 aliphatic carbocycles. The van der Waals surface area contributed by atoms with Crippen molar-refractivity contribution in [2.75, 3.05) is 31.8 Å². The van der Waals surface area contributed by atoms with E-state index >= 15 is 0 Å². The molecule has 25 heavy (non-hydrogen) atoms. The second-order valence-electron chi connectivity index (χ2n) is 6.44. The predicted molar refractivity (Wildman–Crippen MR) is 90.1 cm³/mol. The third-order valence-electron chi connectivity index (χ3n) is 4.66. The third kappa shape index (κ3) is 5.43. The lowest BCUT2D eigenvalue weighted by Gasteiger charge is -2.38. The van der Waals surface area contributed by atoms with E-state index < -0.39 is 21.6 Å². The Morgan fingerprint density at radius 1 is 1.36 bits per heavy atom. The van der Waals surface area contributed by atoms with Crippen molar-refractivity contribution < 1.29 is 26.3 Å². The molecule has 0 amide bonds. The van der Waals surface area contributed by atoms with Crippen LogP contribution in [0.3, 0.4) is 0 Å². The molecule has 4 nitrogen and oxygen atoms in total. The van der Waals surface area contributed by atoms with Gasteiger partial charge in [0.05, 0.1) is 23.7 Å². The van der Waals surface area contributed by atoms with Gasteiger partial charge in [0.2, 0.25) is 0 Å². The van der Waals surface area contributed by atoms with Crippen LogP contribution >= 0.6 is 0 Å². The van der Waals surface area contributed by atoms with Crippen LogP contribution in [0.4, 0.5) is 13.2 Å². The Kier molecular flexibility index (Phi) is 6.51. The molecule has 0 N–H and O–H groups in total. The molecule has 2 unspecified atom stereocenters. The molecule has 1 heterocycles. The fraction of sp³-hybridized carbons (Fsp3) is 0.647. The van der Waals surface area contributed by atoms with Crippen LogP contribution in [0.15, 0.2) is 24.3 Å². The monoisotopic (exact) mass is 379 g/mol. The van der Waals surface area contributed by atoms with Crippen molar-refractivity contribution in [3.8, 4) is 0 Å². The average molecular weight is 379 g/mol. The van der Waals surface area contributed by atoms with Crippen LogP contribution in [0.5, 0.6) is 0 Å². The van der Waals surface area contributed by atoms with E-state index in [0.29, 0.717) is 31.6 Å². The van der Waals surface area contributed by atoms with E-state index in [1.165, 1.54) is 6.07 Å². The van der Waals surface area contributed by atoms with Crippen LogP contribution in [0, 0.1) is 0 Å². The molecule has 142 valence electrons. The Labute approximate surface area is 146 Å². The lowest BCUT2D eigenvalue weighted by molar-refractivity contribution is -0.137. The highest BCUT2D eigenvalue weighted by molar-refractivity contribution is 7.91. The number of ether oxygens (including phenoxy) is 1. The SMILES string of the molecule is COCCN(C1CCCS(=O)(=O)C1)C(C)c1cccc(C(F)(F)F)c1. The normalized spacial score (nSPS) is 22.1. The van der Waals surface area contributed by atoms with Crippen LogP contribution in [0.1, 0.15) is 36.9 Å². The minimum Gasteiger partial charge on any atom is -0.383 e. The number of sulfone groups is 1. The minimum absolute atomic E-state index is 0.0417. The van der Waals surface area contributed by atoms with Crippen molar-refractivity contribution in [2.45, 2.75) is 38.0 Å². The lowest BCUT2D eigenvalue weighted by Crippen LogP contribution is -2.46. The first kappa shape index (κ1) is 20.2. The van der Waals surface area contributed by atoms with Crippen LogP contribution < -0.4 is 0 Å². The highest BCUT2D eigenvalue weighted by Crippen LogP contribution is 2.33. The number of benzene rings is 1. The Morgan fingerprint density at radius 3 is 2.68 bits per heavy atom. The molecule has 1 aromatic carbocycles. The van der Waals surface area contributed by atoms with Gasteiger partial charge in [0.15, 0.2) is 9.84 Å². The Hall–Kier alpha value is -1.12. The Morgan fingerprint density at radius 2 is 2.08 bits per heavy atom. The van der Waals surface area contributed by atoms with Gasteiger partial charge in [-0.05, 0) is 37.5 Å². The summed E-state index contributed by atoms with van der Waals surface area (Å²) in [5.41, 5.74) is -0.172. The van der Waals surface area contributed by atoms with E-state index in [1.807, 2.05) is 11.8 Å². The highest BCUT2D eigenvalue weighted by Gasteiger charge is 2.34. The van der Waals surface area contributed by atoms with Gasteiger partial charge in [-0.25, -0.2) is 8.42 Å². The minimum atomic E-state index is -4.40. The zero-order valence-corrected chi connectivity index (χ0v) is 15.2. The van der Waals surface area contributed by atoms with Crippen molar-refractivity contribution in [2.24, 2.45) is 0 Å². The van der Waals surface area contributed by atoms with Crippen LogP contribution in [-0.4, -0.2) is 51.1 Å². The van der Waals surface area contributed by atoms with E-state index in [1.54, 1.807) is 13.2 Å². The number of nitrogens with zero attached hydrogens (tertiary/aromatic N) is 1. The van der Waals surface area contributed by atoms with Gasteiger partial charge in [0.25, 0.3) is 0 Å². The van der Waals surface area contributed by atoms with Gasteiger partial charge >= 0.3 is 6.18 Å². The Bertz CT molecular complexity index is 676. The lowest BCUT2D eigenvalue weighted by atomic mass is 10.0. The van der Waals surface area contributed by atoms with Crippen LogP contribution in [0.2, 0.25) is 0 Å². The molecule has 0 radical (unpaired) electrons. The zero-order valence-electron chi connectivity index (χ0n) is 14.4. The number of hydrogen-bond acceptors (Lipinski definition) is 4. The topological polar surface area (TPSA) is 46.6 Å². The van der Waals surface area contributed by atoms with Gasteiger partial charge in [-0.2, -0.15) is 13.2 Å². The molecule has 1 aromatic rings. The summed E-state index contributed by atoms with van der Waals surface area (Å²) in [4.78, 5) is 1.95. The number of rotatable bonds is 6. The van der Waals surface area contributed by atoms with Crippen molar-refractivity contribution in [3.05, 3.63) is 35.4 Å². The second kappa shape index (κ2) is 8.05. The number of halogens is 3. The maximum atomic E-state index is 13.0. The maximum Gasteiger partial charge on any atom is 0.416 e. The number of hydrogen-bond donors (Lipinski definition) is 0. The van der Waals surface area contributed by atoms with Crippen molar-refractivity contribution >= 4 is 9.84 Å². The molecule has 0 saturated carbocycles. The van der Waals surface area contributed by atoms with E-state index in [0.717, 1.165) is 12.1 Å². The molecular weight excluding hydrogens is 355 g/mol. The van der Waals surface area contributed by atoms with E-state index in [4.69, 9.17) is 4.74 Å². The Balaban J connectivity index is 2.28. The first-order chi connectivity index (χ1) is 11.6. The van der Waals surface area contributed by atoms with Crippen molar-refractivity contribution in [1.82, 2.24) is 4.90 Å². The van der Waals surface area contributed by atoms with Gasteiger partial charge in [-0.3, -0.25) is 4.90 Å². The smallest absolute Gasteiger partial charge is 0.383 e. The zero-order chi connectivity index (χ0) is 18.7. The quantitative estimate of drug-likeness (QED) is 0.761. The molecule has 0 aromatic heterocycles. The molecular formula is C17H24F3NO3S. The molecule has 1 aliphatic rings. The fourth-order valence-electron chi connectivity index (χ4n) is 3.32. The predicted octanol–water partition coefficient (Wildman–Crippen LogP) is 3.29.